The number of rotatable bonds is 7. The first-order chi connectivity index (χ1) is 15.6. The van der Waals surface area contributed by atoms with E-state index in [1.165, 1.54) is 24.8 Å². The Morgan fingerprint density at radius 1 is 1.12 bits per heavy atom. The number of guanidine groups is 1. The fourth-order valence-corrected chi connectivity index (χ4v) is 5.45. The summed E-state index contributed by atoms with van der Waals surface area (Å²) in [6.45, 7) is 10.6. The van der Waals surface area contributed by atoms with Gasteiger partial charge in [-0.1, -0.05) is 12.8 Å². The van der Waals surface area contributed by atoms with Crippen LogP contribution in [0.25, 0.3) is 0 Å². The van der Waals surface area contributed by atoms with Crippen molar-refractivity contribution in [2.45, 2.75) is 45.4 Å². The highest BCUT2D eigenvalue weighted by Crippen LogP contribution is 2.27. The largest absolute Gasteiger partial charge is 0.357 e. The number of hydrogen-bond donors (Lipinski definition) is 1. The fourth-order valence-electron chi connectivity index (χ4n) is 5.45. The molecule has 186 valence electrons. The Morgan fingerprint density at radius 3 is 2.55 bits per heavy atom. The lowest BCUT2D eigenvalue weighted by Gasteiger charge is -2.35. The molecular weight excluding hydrogens is 529 g/mol. The summed E-state index contributed by atoms with van der Waals surface area (Å²) in [6, 6.07) is 0. The van der Waals surface area contributed by atoms with E-state index >= 15 is 0 Å². The van der Waals surface area contributed by atoms with Crippen molar-refractivity contribution in [1.82, 2.24) is 29.8 Å². The number of carbonyl (C=O) groups is 1. The fraction of sp³-hybridized carbons (Fsp3) is 0.792. The van der Waals surface area contributed by atoms with Gasteiger partial charge in [-0.25, -0.2) is 0 Å². The van der Waals surface area contributed by atoms with E-state index in [-0.39, 0.29) is 24.0 Å². The van der Waals surface area contributed by atoms with Crippen LogP contribution in [0.15, 0.2) is 17.4 Å². The predicted octanol–water partition coefficient (Wildman–Crippen LogP) is 2.20. The highest BCUT2D eigenvalue weighted by atomic mass is 127. The molecule has 1 unspecified atom stereocenters. The van der Waals surface area contributed by atoms with Crippen molar-refractivity contribution in [3.8, 4) is 0 Å². The quantitative estimate of drug-likeness (QED) is 0.309. The smallest absolute Gasteiger partial charge is 0.225 e. The Labute approximate surface area is 216 Å². The standard InChI is InChI=1S/C24H41N7O.HI/c1-3-25-24(31-10-8-20(19-31)16-21-17-27-28(2)18-21)26-9-11-29-12-14-30(15-13-29)23(32)22-6-4-5-7-22;/h17-18,20,22H,3-16,19H2,1-2H3,(H,25,26);1H. The van der Waals surface area contributed by atoms with Crippen molar-refractivity contribution in [2.75, 3.05) is 58.9 Å². The van der Waals surface area contributed by atoms with Gasteiger partial charge in [-0.2, -0.15) is 5.10 Å². The molecule has 0 radical (unpaired) electrons. The SMILES string of the molecule is CCNC(=NCCN1CCN(C(=O)C2CCCC2)CC1)N1CCC(Cc2cnn(C)c2)C1.I. The molecule has 3 aliphatic rings. The normalized spacial score (nSPS) is 22.6. The van der Waals surface area contributed by atoms with Crippen molar-refractivity contribution >= 4 is 35.8 Å². The summed E-state index contributed by atoms with van der Waals surface area (Å²) in [5.41, 5.74) is 1.33. The molecule has 1 aromatic heterocycles. The lowest BCUT2D eigenvalue weighted by atomic mass is 10.0. The van der Waals surface area contributed by atoms with E-state index in [0.29, 0.717) is 17.7 Å². The maximum atomic E-state index is 12.6. The maximum absolute atomic E-state index is 12.6. The summed E-state index contributed by atoms with van der Waals surface area (Å²) >= 11 is 0. The summed E-state index contributed by atoms with van der Waals surface area (Å²) in [6.07, 6.45) is 11.1. The minimum atomic E-state index is 0. The Balaban J connectivity index is 0.00000306. The van der Waals surface area contributed by atoms with E-state index in [1.807, 2.05) is 17.9 Å². The second kappa shape index (κ2) is 12.9. The van der Waals surface area contributed by atoms with Crippen LogP contribution >= 0.6 is 24.0 Å². The Kier molecular flexibility index (Phi) is 10.3. The Bertz CT molecular complexity index is 769. The minimum Gasteiger partial charge on any atom is -0.357 e. The Morgan fingerprint density at radius 2 is 1.88 bits per heavy atom. The summed E-state index contributed by atoms with van der Waals surface area (Å²) in [7, 11) is 1.98. The molecule has 1 atom stereocenters. The Hall–Kier alpha value is -1.36. The first kappa shape index (κ1) is 26.2. The molecule has 1 aliphatic carbocycles. The van der Waals surface area contributed by atoms with Crippen LogP contribution < -0.4 is 5.32 Å². The number of nitrogens with zero attached hydrogens (tertiary/aromatic N) is 6. The molecule has 9 heteroatoms. The molecule has 33 heavy (non-hydrogen) atoms. The van der Waals surface area contributed by atoms with Gasteiger partial charge < -0.3 is 15.1 Å². The number of carbonyl (C=O) groups excluding carboxylic acids is 1. The molecule has 2 aliphatic heterocycles. The maximum Gasteiger partial charge on any atom is 0.225 e. The van der Waals surface area contributed by atoms with Crippen LogP contribution in [0.1, 0.15) is 44.6 Å². The van der Waals surface area contributed by atoms with E-state index in [9.17, 15) is 4.79 Å². The lowest BCUT2D eigenvalue weighted by Crippen LogP contribution is -2.50. The minimum absolute atomic E-state index is 0. The van der Waals surface area contributed by atoms with Gasteiger partial charge in [0.2, 0.25) is 5.91 Å². The van der Waals surface area contributed by atoms with Gasteiger partial charge in [0.15, 0.2) is 5.96 Å². The number of nitrogens with one attached hydrogen (secondary N) is 1. The van der Waals surface area contributed by atoms with Crippen molar-refractivity contribution in [2.24, 2.45) is 23.9 Å². The molecule has 0 aromatic carbocycles. The summed E-state index contributed by atoms with van der Waals surface area (Å²) in [4.78, 5) is 24.6. The average molecular weight is 572 g/mol. The molecule has 3 fully saturated rings. The number of aryl methyl sites for hydroxylation is 1. The van der Waals surface area contributed by atoms with Gasteiger partial charge in [0.1, 0.15) is 0 Å². The van der Waals surface area contributed by atoms with E-state index < -0.39 is 0 Å². The van der Waals surface area contributed by atoms with E-state index in [2.05, 4.69) is 38.2 Å². The van der Waals surface area contributed by atoms with Gasteiger partial charge in [0.25, 0.3) is 0 Å². The zero-order valence-corrected chi connectivity index (χ0v) is 22.7. The molecule has 0 bridgehead atoms. The van der Waals surface area contributed by atoms with Crippen LogP contribution in [0.5, 0.6) is 0 Å². The van der Waals surface area contributed by atoms with Gasteiger partial charge in [-0.05, 0) is 44.1 Å². The van der Waals surface area contributed by atoms with E-state index in [1.54, 1.807) is 0 Å². The third-order valence-electron chi connectivity index (χ3n) is 7.27. The number of likely N-dealkylation sites (tertiary alicyclic amines) is 1. The third kappa shape index (κ3) is 7.31. The van der Waals surface area contributed by atoms with Crippen LogP contribution in [0.3, 0.4) is 0 Å². The monoisotopic (exact) mass is 571 g/mol. The van der Waals surface area contributed by atoms with Crippen molar-refractivity contribution in [1.29, 1.82) is 0 Å². The van der Waals surface area contributed by atoms with Crippen LogP contribution in [-0.4, -0.2) is 95.2 Å². The molecule has 1 N–H and O–H groups in total. The number of aliphatic imine (C=N–C) groups is 1. The van der Waals surface area contributed by atoms with Crippen LogP contribution in [0.2, 0.25) is 0 Å². The second-order valence-corrected chi connectivity index (χ2v) is 9.71. The topological polar surface area (TPSA) is 69.0 Å². The van der Waals surface area contributed by atoms with Crippen molar-refractivity contribution in [3.63, 3.8) is 0 Å². The highest BCUT2D eigenvalue weighted by Gasteiger charge is 2.29. The van der Waals surface area contributed by atoms with Gasteiger partial charge in [0.05, 0.1) is 12.7 Å². The van der Waals surface area contributed by atoms with Crippen molar-refractivity contribution in [3.05, 3.63) is 18.0 Å². The highest BCUT2D eigenvalue weighted by molar-refractivity contribution is 14.0. The lowest BCUT2D eigenvalue weighted by molar-refractivity contribution is -0.137. The number of hydrogen-bond acceptors (Lipinski definition) is 4. The first-order valence-electron chi connectivity index (χ1n) is 12.6. The molecule has 4 rings (SSSR count). The predicted molar refractivity (Wildman–Crippen MR) is 143 cm³/mol. The zero-order valence-electron chi connectivity index (χ0n) is 20.4. The second-order valence-electron chi connectivity index (χ2n) is 9.71. The van der Waals surface area contributed by atoms with E-state index in [0.717, 1.165) is 84.1 Å². The molecular formula is C24H42IN7O. The first-order valence-corrected chi connectivity index (χ1v) is 12.6. The van der Waals surface area contributed by atoms with Crippen LogP contribution in [0, 0.1) is 11.8 Å². The molecule has 3 heterocycles. The third-order valence-corrected chi connectivity index (χ3v) is 7.27. The molecule has 2 saturated heterocycles. The molecule has 1 amide bonds. The summed E-state index contributed by atoms with van der Waals surface area (Å²) in [5, 5.41) is 7.79. The van der Waals surface area contributed by atoms with Gasteiger partial charge in [-0.3, -0.25) is 19.4 Å². The average Bonchev–Trinajstić information content (AvgIpc) is 3.56. The van der Waals surface area contributed by atoms with Gasteiger partial charge in [-0.15, -0.1) is 24.0 Å². The van der Waals surface area contributed by atoms with Gasteiger partial charge in [0, 0.05) is 71.5 Å². The number of halogens is 1. The summed E-state index contributed by atoms with van der Waals surface area (Å²) < 4.78 is 1.89. The number of amides is 1. The van der Waals surface area contributed by atoms with Gasteiger partial charge >= 0.3 is 0 Å². The molecule has 8 nitrogen and oxygen atoms in total. The van der Waals surface area contributed by atoms with E-state index in [4.69, 9.17) is 4.99 Å². The molecule has 0 spiro atoms. The van der Waals surface area contributed by atoms with Crippen LogP contribution in [-0.2, 0) is 18.3 Å². The number of aromatic nitrogens is 2. The van der Waals surface area contributed by atoms with Crippen molar-refractivity contribution < 1.29 is 4.79 Å². The number of piperazine rings is 1. The zero-order chi connectivity index (χ0) is 22.3. The molecule has 1 saturated carbocycles. The molecule has 1 aromatic rings. The summed E-state index contributed by atoms with van der Waals surface area (Å²) in [5.74, 6) is 2.42. The van der Waals surface area contributed by atoms with Crippen LogP contribution in [0.4, 0.5) is 0 Å².